The molecular weight excluding hydrogens is 404 g/mol. The zero-order valence-corrected chi connectivity index (χ0v) is 17.4. The molecule has 3 aromatic rings. The highest BCUT2D eigenvalue weighted by Crippen LogP contribution is 2.26. The Labute approximate surface area is 178 Å². The fourth-order valence-corrected chi connectivity index (χ4v) is 2.80. The molecule has 0 unspecified atom stereocenters. The van der Waals surface area contributed by atoms with Crippen LogP contribution in [0.1, 0.15) is 36.7 Å². The number of carbonyl (C=O) groups is 2. The summed E-state index contributed by atoms with van der Waals surface area (Å²) in [6, 6.07) is 10.4. The minimum atomic E-state index is -0.777. The van der Waals surface area contributed by atoms with Gasteiger partial charge in [0.2, 0.25) is 0 Å². The van der Waals surface area contributed by atoms with Crippen molar-refractivity contribution in [3.8, 4) is 23.6 Å². The molecule has 7 nitrogen and oxygen atoms in total. The Kier molecular flexibility index (Phi) is 5.90. The van der Waals surface area contributed by atoms with E-state index in [4.69, 9.17) is 22.8 Å². The van der Waals surface area contributed by atoms with Crippen LogP contribution in [0, 0.1) is 12.3 Å². The van der Waals surface area contributed by atoms with Gasteiger partial charge in [0.25, 0.3) is 5.91 Å². The lowest BCUT2D eigenvalue weighted by atomic mass is 10.0. The molecule has 152 valence electrons. The predicted molar refractivity (Wildman–Crippen MR) is 115 cm³/mol. The molecule has 0 aliphatic carbocycles. The van der Waals surface area contributed by atoms with Crippen LogP contribution in [0.3, 0.4) is 0 Å². The van der Waals surface area contributed by atoms with Crippen LogP contribution >= 0.6 is 11.6 Å². The van der Waals surface area contributed by atoms with Gasteiger partial charge >= 0.3 is 6.09 Å². The third kappa shape index (κ3) is 5.04. The number of hydrogen-bond donors (Lipinski definition) is 2. The second-order valence-corrected chi connectivity index (χ2v) is 7.77. The second-order valence-electron chi connectivity index (χ2n) is 7.38. The number of rotatable bonds is 2. The summed E-state index contributed by atoms with van der Waals surface area (Å²) in [5, 5.41) is 0.722. The Balaban J connectivity index is 1.96. The lowest BCUT2D eigenvalue weighted by Crippen LogP contribution is -2.44. The van der Waals surface area contributed by atoms with Gasteiger partial charge in [0.15, 0.2) is 0 Å². The normalized spacial score (nSPS) is 10.9. The molecule has 8 heteroatoms. The molecule has 0 bridgehead atoms. The molecule has 2 heterocycles. The molecule has 0 fully saturated rings. The van der Waals surface area contributed by atoms with E-state index in [0.717, 1.165) is 11.1 Å². The number of halogens is 1. The summed E-state index contributed by atoms with van der Waals surface area (Å²) in [5.74, 6) is 2.00. The van der Waals surface area contributed by atoms with E-state index in [-0.39, 0.29) is 10.7 Å². The summed E-state index contributed by atoms with van der Waals surface area (Å²) in [4.78, 5) is 33.3. The average molecular weight is 423 g/mol. The van der Waals surface area contributed by atoms with Crippen LogP contribution in [-0.4, -0.2) is 27.6 Å². The smallest absolute Gasteiger partial charge is 0.426 e. The molecule has 1 aromatic carbocycles. The second kappa shape index (κ2) is 8.39. The third-order valence-corrected chi connectivity index (χ3v) is 4.14. The molecule has 0 spiro atoms. The van der Waals surface area contributed by atoms with Gasteiger partial charge in [0.1, 0.15) is 10.8 Å². The van der Waals surface area contributed by atoms with Crippen molar-refractivity contribution in [2.45, 2.75) is 26.4 Å². The van der Waals surface area contributed by atoms with Gasteiger partial charge in [-0.3, -0.25) is 10.2 Å². The van der Waals surface area contributed by atoms with Crippen LogP contribution < -0.4 is 10.9 Å². The van der Waals surface area contributed by atoms with E-state index in [2.05, 4.69) is 26.7 Å². The van der Waals surface area contributed by atoms with Crippen molar-refractivity contribution >= 4 is 34.5 Å². The Morgan fingerprint density at radius 3 is 2.47 bits per heavy atom. The number of fused-ring (bicyclic) bond motifs is 1. The van der Waals surface area contributed by atoms with Crippen molar-refractivity contribution < 1.29 is 14.3 Å². The Bertz CT molecular complexity index is 1160. The van der Waals surface area contributed by atoms with Crippen LogP contribution in [-0.2, 0) is 4.74 Å². The van der Waals surface area contributed by atoms with Crippen molar-refractivity contribution in [3.63, 3.8) is 0 Å². The number of aromatic nitrogens is 2. The molecule has 0 aliphatic rings. The predicted octanol–water partition coefficient (Wildman–Crippen LogP) is 4.10. The number of pyridine rings is 2. The third-order valence-electron chi connectivity index (χ3n) is 3.93. The number of ether oxygens (including phenoxy) is 1. The summed E-state index contributed by atoms with van der Waals surface area (Å²) in [7, 11) is 0. The SMILES string of the molecule is C#Cc1ccc(-c2cc(C(=O)NNC(=O)OC(C)(C)C)c3cnc(Cl)cc3n2)cc1. The number of hydrazine groups is 1. The first-order valence-electron chi connectivity index (χ1n) is 8.99. The topological polar surface area (TPSA) is 93.2 Å². The number of nitrogens with one attached hydrogen (secondary N) is 2. The summed E-state index contributed by atoms with van der Waals surface area (Å²) in [6.45, 7) is 5.16. The van der Waals surface area contributed by atoms with Crippen LogP contribution in [0.5, 0.6) is 0 Å². The van der Waals surface area contributed by atoms with Crippen molar-refractivity contribution in [2.75, 3.05) is 0 Å². The fraction of sp³-hybridized carbons (Fsp3) is 0.182. The average Bonchev–Trinajstić information content (AvgIpc) is 2.69. The highest BCUT2D eigenvalue weighted by molar-refractivity contribution is 6.30. The van der Waals surface area contributed by atoms with Gasteiger partial charge in [-0.2, -0.15) is 0 Å². The van der Waals surface area contributed by atoms with Crippen LogP contribution in [0.15, 0.2) is 42.6 Å². The molecule has 0 aliphatic heterocycles. The quantitative estimate of drug-likeness (QED) is 0.368. The highest BCUT2D eigenvalue weighted by Gasteiger charge is 2.19. The molecule has 0 radical (unpaired) electrons. The Morgan fingerprint density at radius 2 is 1.83 bits per heavy atom. The number of benzene rings is 1. The maximum absolute atomic E-state index is 12.8. The van der Waals surface area contributed by atoms with Crippen molar-refractivity contribution in [2.24, 2.45) is 0 Å². The first-order valence-corrected chi connectivity index (χ1v) is 9.37. The van der Waals surface area contributed by atoms with E-state index >= 15 is 0 Å². The molecule has 30 heavy (non-hydrogen) atoms. The van der Waals surface area contributed by atoms with E-state index < -0.39 is 17.6 Å². The maximum Gasteiger partial charge on any atom is 0.426 e. The minimum Gasteiger partial charge on any atom is -0.443 e. The largest absolute Gasteiger partial charge is 0.443 e. The molecule has 2 amide bonds. The first kappa shape index (κ1) is 21.1. The Morgan fingerprint density at radius 1 is 1.13 bits per heavy atom. The minimum absolute atomic E-state index is 0.244. The summed E-state index contributed by atoms with van der Waals surface area (Å²) < 4.78 is 5.12. The van der Waals surface area contributed by atoms with Crippen molar-refractivity contribution in [1.29, 1.82) is 0 Å². The van der Waals surface area contributed by atoms with E-state index in [9.17, 15) is 9.59 Å². The number of carbonyl (C=O) groups excluding carboxylic acids is 2. The van der Waals surface area contributed by atoms with Crippen LogP contribution in [0.25, 0.3) is 22.2 Å². The number of nitrogens with zero attached hydrogens (tertiary/aromatic N) is 2. The highest BCUT2D eigenvalue weighted by atomic mass is 35.5. The van der Waals surface area contributed by atoms with E-state index in [1.54, 1.807) is 45.0 Å². The molecule has 0 saturated heterocycles. The van der Waals surface area contributed by atoms with Gasteiger partial charge in [-0.15, -0.1) is 6.42 Å². The van der Waals surface area contributed by atoms with Gasteiger partial charge in [0.05, 0.1) is 16.8 Å². The zero-order chi connectivity index (χ0) is 21.9. The molecule has 3 rings (SSSR count). The lowest BCUT2D eigenvalue weighted by molar-refractivity contribution is 0.0483. The number of terminal acetylenes is 1. The monoisotopic (exact) mass is 422 g/mol. The van der Waals surface area contributed by atoms with Crippen molar-refractivity contribution in [1.82, 2.24) is 20.8 Å². The number of amides is 2. The molecule has 2 aromatic heterocycles. The zero-order valence-electron chi connectivity index (χ0n) is 16.6. The van der Waals surface area contributed by atoms with Gasteiger partial charge in [-0.25, -0.2) is 20.2 Å². The van der Waals surface area contributed by atoms with E-state index in [0.29, 0.717) is 16.6 Å². The number of hydrogen-bond acceptors (Lipinski definition) is 5. The van der Waals surface area contributed by atoms with Gasteiger partial charge < -0.3 is 4.74 Å². The summed E-state index contributed by atoms with van der Waals surface area (Å²) in [6.07, 6.45) is 6.08. The molecular formula is C22H19ClN4O3. The summed E-state index contributed by atoms with van der Waals surface area (Å²) in [5.41, 5.74) is 6.66. The van der Waals surface area contributed by atoms with E-state index in [1.165, 1.54) is 6.20 Å². The molecule has 0 atom stereocenters. The summed E-state index contributed by atoms with van der Waals surface area (Å²) >= 11 is 6.01. The van der Waals surface area contributed by atoms with Gasteiger partial charge in [-0.1, -0.05) is 29.7 Å². The van der Waals surface area contributed by atoms with Crippen LogP contribution in [0.4, 0.5) is 4.79 Å². The van der Waals surface area contributed by atoms with Crippen LogP contribution in [0.2, 0.25) is 5.15 Å². The first-order chi connectivity index (χ1) is 14.2. The van der Waals surface area contributed by atoms with Crippen molar-refractivity contribution in [3.05, 3.63) is 58.9 Å². The van der Waals surface area contributed by atoms with Gasteiger partial charge in [-0.05, 0) is 39.0 Å². The van der Waals surface area contributed by atoms with E-state index in [1.807, 2.05) is 12.1 Å². The lowest BCUT2D eigenvalue weighted by Gasteiger charge is -2.20. The maximum atomic E-state index is 12.8. The molecule has 2 N–H and O–H groups in total. The fourth-order valence-electron chi connectivity index (χ4n) is 2.65. The standard InChI is InChI=1S/C22H19ClN4O3/c1-5-13-6-8-14(9-7-13)17-10-15(16-12-24-19(23)11-18(16)25-17)20(28)26-27-21(29)30-22(2,3)4/h1,6-12H,2-4H3,(H,26,28)(H,27,29). The van der Waals surface area contributed by atoms with Gasteiger partial charge in [0, 0.05) is 28.8 Å². The molecule has 0 saturated carbocycles. The Hall–Kier alpha value is -3.63.